The zero-order chi connectivity index (χ0) is 16.8. The SMILES string of the molecule is Cc1ccc(OCCOC(=O)c2ccc(Cl)cc2[N+](=O)[O-])cc1. The summed E-state index contributed by atoms with van der Waals surface area (Å²) in [6, 6.07) is 11.2. The van der Waals surface area contributed by atoms with E-state index in [0.29, 0.717) is 5.75 Å². The second-order valence-corrected chi connectivity index (χ2v) is 5.15. The van der Waals surface area contributed by atoms with Crippen LogP contribution in [0, 0.1) is 17.0 Å². The van der Waals surface area contributed by atoms with Gasteiger partial charge >= 0.3 is 5.97 Å². The second-order valence-electron chi connectivity index (χ2n) is 4.72. The average Bonchev–Trinajstić information content (AvgIpc) is 2.53. The van der Waals surface area contributed by atoms with Crippen LogP contribution >= 0.6 is 11.6 Å². The summed E-state index contributed by atoms with van der Waals surface area (Å²) in [4.78, 5) is 22.2. The lowest BCUT2D eigenvalue weighted by molar-refractivity contribution is -0.385. The van der Waals surface area contributed by atoms with Gasteiger partial charge < -0.3 is 9.47 Å². The number of nitrogens with zero attached hydrogens (tertiary/aromatic N) is 1. The van der Waals surface area contributed by atoms with Crippen LogP contribution in [0.5, 0.6) is 5.75 Å². The Morgan fingerprint density at radius 1 is 1.17 bits per heavy atom. The van der Waals surface area contributed by atoms with Crippen LogP contribution in [-0.2, 0) is 4.74 Å². The van der Waals surface area contributed by atoms with Gasteiger partial charge in [-0.2, -0.15) is 0 Å². The molecule has 2 aromatic rings. The van der Waals surface area contributed by atoms with E-state index in [9.17, 15) is 14.9 Å². The standard InChI is InChI=1S/C16H14ClNO5/c1-11-2-5-13(6-3-11)22-8-9-23-16(19)14-7-4-12(17)10-15(14)18(20)21/h2-7,10H,8-9H2,1H3. The Balaban J connectivity index is 1.90. The summed E-state index contributed by atoms with van der Waals surface area (Å²) < 4.78 is 10.4. The third-order valence-corrected chi connectivity index (χ3v) is 3.22. The van der Waals surface area contributed by atoms with Crippen LogP contribution in [0.15, 0.2) is 42.5 Å². The average molecular weight is 336 g/mol. The quantitative estimate of drug-likeness (QED) is 0.347. The Morgan fingerprint density at radius 3 is 2.52 bits per heavy atom. The number of hydrogen-bond donors (Lipinski definition) is 0. The highest BCUT2D eigenvalue weighted by Gasteiger charge is 2.21. The summed E-state index contributed by atoms with van der Waals surface area (Å²) in [5.41, 5.74) is 0.579. The molecule has 0 aliphatic rings. The highest BCUT2D eigenvalue weighted by atomic mass is 35.5. The molecule has 0 unspecified atom stereocenters. The number of nitro groups is 1. The smallest absolute Gasteiger partial charge is 0.345 e. The van der Waals surface area contributed by atoms with Gasteiger partial charge in [0.25, 0.3) is 5.69 Å². The molecular weight excluding hydrogens is 322 g/mol. The van der Waals surface area contributed by atoms with Gasteiger partial charge in [0.05, 0.1) is 4.92 Å². The number of carbonyl (C=O) groups is 1. The predicted molar refractivity (Wildman–Crippen MR) is 85.1 cm³/mol. The first kappa shape index (κ1) is 16.8. The van der Waals surface area contributed by atoms with E-state index in [4.69, 9.17) is 21.1 Å². The molecule has 7 heteroatoms. The van der Waals surface area contributed by atoms with Gasteiger partial charge in [0.15, 0.2) is 0 Å². The van der Waals surface area contributed by atoms with E-state index in [1.54, 1.807) is 12.1 Å². The topological polar surface area (TPSA) is 78.7 Å². The molecule has 0 bridgehead atoms. The van der Waals surface area contributed by atoms with Crippen LogP contribution in [0.1, 0.15) is 15.9 Å². The summed E-state index contributed by atoms with van der Waals surface area (Å²) in [6.45, 7) is 2.09. The van der Waals surface area contributed by atoms with Gasteiger partial charge in [-0.3, -0.25) is 10.1 Å². The first-order valence-electron chi connectivity index (χ1n) is 6.78. The van der Waals surface area contributed by atoms with E-state index in [1.165, 1.54) is 12.1 Å². The van der Waals surface area contributed by atoms with Crippen molar-refractivity contribution in [3.63, 3.8) is 0 Å². The van der Waals surface area contributed by atoms with Gasteiger partial charge in [-0.05, 0) is 31.2 Å². The van der Waals surface area contributed by atoms with Gasteiger partial charge in [-0.15, -0.1) is 0 Å². The predicted octanol–water partition coefficient (Wildman–Crippen LogP) is 3.79. The van der Waals surface area contributed by atoms with Crippen LogP contribution in [0.4, 0.5) is 5.69 Å². The summed E-state index contributed by atoms with van der Waals surface area (Å²) in [6.07, 6.45) is 0. The molecule has 120 valence electrons. The molecule has 0 saturated carbocycles. The highest BCUT2D eigenvalue weighted by molar-refractivity contribution is 6.31. The Kier molecular flexibility index (Phi) is 5.54. The minimum atomic E-state index is -0.791. The summed E-state index contributed by atoms with van der Waals surface area (Å²) in [7, 11) is 0. The molecule has 0 atom stereocenters. The molecule has 0 aliphatic carbocycles. The number of halogens is 1. The minimum Gasteiger partial charge on any atom is -0.490 e. The maximum Gasteiger partial charge on any atom is 0.345 e. The third kappa shape index (κ3) is 4.69. The van der Waals surface area contributed by atoms with Gasteiger partial charge in [-0.25, -0.2) is 4.79 Å². The Labute approximate surface area is 137 Å². The molecule has 0 heterocycles. The van der Waals surface area contributed by atoms with E-state index < -0.39 is 10.9 Å². The number of carbonyl (C=O) groups excluding carboxylic acids is 1. The first-order valence-corrected chi connectivity index (χ1v) is 7.15. The molecule has 0 aliphatic heterocycles. The van der Waals surface area contributed by atoms with E-state index in [1.807, 2.05) is 19.1 Å². The lowest BCUT2D eigenvalue weighted by Gasteiger charge is -2.08. The van der Waals surface area contributed by atoms with Crippen molar-refractivity contribution in [3.05, 3.63) is 68.7 Å². The first-order chi connectivity index (χ1) is 11.0. The van der Waals surface area contributed by atoms with E-state index >= 15 is 0 Å². The summed E-state index contributed by atoms with van der Waals surface area (Å²) >= 11 is 5.69. The third-order valence-electron chi connectivity index (χ3n) is 2.98. The van der Waals surface area contributed by atoms with Crippen molar-refractivity contribution in [2.24, 2.45) is 0 Å². The van der Waals surface area contributed by atoms with Gasteiger partial charge in [0.1, 0.15) is 24.5 Å². The molecule has 0 radical (unpaired) electrons. The molecule has 0 aromatic heterocycles. The number of aryl methyl sites for hydroxylation is 1. The van der Waals surface area contributed by atoms with Crippen molar-refractivity contribution in [3.8, 4) is 5.75 Å². The molecule has 0 saturated heterocycles. The normalized spacial score (nSPS) is 10.2. The maximum absolute atomic E-state index is 11.9. The van der Waals surface area contributed by atoms with Crippen molar-refractivity contribution in [2.75, 3.05) is 13.2 Å². The lowest BCUT2D eigenvalue weighted by atomic mass is 10.2. The largest absolute Gasteiger partial charge is 0.490 e. The number of nitro benzene ring substituents is 1. The van der Waals surface area contributed by atoms with Crippen molar-refractivity contribution in [2.45, 2.75) is 6.92 Å². The molecule has 0 N–H and O–H groups in total. The van der Waals surface area contributed by atoms with Gasteiger partial charge in [0.2, 0.25) is 0 Å². The second kappa shape index (κ2) is 7.60. The van der Waals surface area contributed by atoms with Crippen molar-refractivity contribution in [1.29, 1.82) is 0 Å². The summed E-state index contributed by atoms with van der Waals surface area (Å²) in [5.74, 6) is -0.134. The zero-order valence-electron chi connectivity index (χ0n) is 12.3. The van der Waals surface area contributed by atoms with Crippen molar-refractivity contribution >= 4 is 23.3 Å². The van der Waals surface area contributed by atoms with Crippen LogP contribution < -0.4 is 4.74 Å². The monoisotopic (exact) mass is 335 g/mol. The molecule has 6 nitrogen and oxygen atoms in total. The van der Waals surface area contributed by atoms with Crippen molar-refractivity contribution < 1.29 is 19.2 Å². The van der Waals surface area contributed by atoms with E-state index in [-0.39, 0.29) is 29.5 Å². The fraction of sp³-hybridized carbons (Fsp3) is 0.188. The number of benzene rings is 2. The Morgan fingerprint density at radius 2 is 1.87 bits per heavy atom. The van der Waals surface area contributed by atoms with Crippen LogP contribution in [0.2, 0.25) is 5.02 Å². The fourth-order valence-corrected chi connectivity index (χ4v) is 2.00. The van der Waals surface area contributed by atoms with Crippen LogP contribution in [0.25, 0.3) is 0 Å². The van der Waals surface area contributed by atoms with Gasteiger partial charge in [-0.1, -0.05) is 29.3 Å². The number of hydrogen-bond acceptors (Lipinski definition) is 5. The van der Waals surface area contributed by atoms with E-state index in [0.717, 1.165) is 11.6 Å². The molecule has 0 amide bonds. The number of esters is 1. The Bertz CT molecular complexity index is 715. The molecule has 2 aromatic carbocycles. The lowest BCUT2D eigenvalue weighted by Crippen LogP contribution is -2.13. The van der Waals surface area contributed by atoms with Gasteiger partial charge in [0, 0.05) is 11.1 Å². The number of ether oxygens (including phenoxy) is 2. The number of rotatable bonds is 6. The molecule has 2 rings (SSSR count). The fourth-order valence-electron chi connectivity index (χ4n) is 1.83. The maximum atomic E-state index is 11.9. The summed E-state index contributed by atoms with van der Waals surface area (Å²) in [5, 5.41) is 11.1. The van der Waals surface area contributed by atoms with Crippen LogP contribution in [0.3, 0.4) is 0 Å². The minimum absolute atomic E-state index is 0.0213. The Hall–Kier alpha value is -2.60. The molecule has 0 fully saturated rings. The zero-order valence-corrected chi connectivity index (χ0v) is 13.1. The molecule has 23 heavy (non-hydrogen) atoms. The van der Waals surface area contributed by atoms with Crippen LogP contribution in [-0.4, -0.2) is 24.1 Å². The van der Waals surface area contributed by atoms with Crippen molar-refractivity contribution in [1.82, 2.24) is 0 Å². The highest BCUT2D eigenvalue weighted by Crippen LogP contribution is 2.23. The molecular formula is C16H14ClNO5. The molecule has 0 spiro atoms. The van der Waals surface area contributed by atoms with E-state index in [2.05, 4.69) is 0 Å².